The van der Waals surface area contributed by atoms with Gasteiger partial charge in [0.15, 0.2) is 5.82 Å². The number of nitrogens with zero attached hydrogens (tertiary/aromatic N) is 3. The van der Waals surface area contributed by atoms with Crippen molar-refractivity contribution in [2.24, 2.45) is 0 Å². The average molecular weight is 362 g/mol. The third-order valence-electron chi connectivity index (χ3n) is 4.24. The van der Waals surface area contributed by atoms with Gasteiger partial charge in [0.1, 0.15) is 5.69 Å². The molecule has 2 aromatic rings. The number of aromatic nitrogens is 2. The van der Waals surface area contributed by atoms with Crippen molar-refractivity contribution < 1.29 is 4.74 Å². The molecule has 0 bridgehead atoms. The van der Waals surface area contributed by atoms with Crippen molar-refractivity contribution >= 4 is 17.3 Å². The molecule has 0 amide bonds. The van der Waals surface area contributed by atoms with Crippen LogP contribution in [0.3, 0.4) is 0 Å². The first kappa shape index (κ1) is 19.5. The van der Waals surface area contributed by atoms with E-state index in [2.05, 4.69) is 18.7 Å². The predicted octanol–water partition coefficient (Wildman–Crippen LogP) is 5.36. The molecule has 0 spiro atoms. The van der Waals surface area contributed by atoms with Crippen LogP contribution >= 0.6 is 11.6 Å². The lowest BCUT2D eigenvalue weighted by atomic mass is 10.0. The standard InChI is InChI=1S/C20H28ClN3O/c1-7-9-24(10-8-2)18-15(5)22-19(23-20(18)25-6)17-13(3)11-16(21)12-14(17)4/h11-12H,7-10H2,1-6H3. The van der Waals surface area contributed by atoms with Gasteiger partial charge in [0, 0.05) is 23.7 Å². The molecule has 0 aliphatic rings. The highest BCUT2D eigenvalue weighted by molar-refractivity contribution is 6.30. The van der Waals surface area contributed by atoms with Crippen molar-refractivity contribution in [1.82, 2.24) is 9.97 Å². The number of anilines is 1. The molecule has 2 rings (SSSR count). The molecule has 25 heavy (non-hydrogen) atoms. The summed E-state index contributed by atoms with van der Waals surface area (Å²) in [7, 11) is 1.67. The normalized spacial score (nSPS) is 10.8. The lowest BCUT2D eigenvalue weighted by Gasteiger charge is -2.26. The van der Waals surface area contributed by atoms with Gasteiger partial charge in [0.05, 0.1) is 12.8 Å². The molecule has 0 unspecified atom stereocenters. The van der Waals surface area contributed by atoms with Crippen molar-refractivity contribution in [2.45, 2.75) is 47.5 Å². The summed E-state index contributed by atoms with van der Waals surface area (Å²) in [5.41, 5.74) is 5.10. The van der Waals surface area contributed by atoms with Gasteiger partial charge in [-0.3, -0.25) is 0 Å². The minimum Gasteiger partial charge on any atom is -0.479 e. The molecule has 0 saturated heterocycles. The monoisotopic (exact) mass is 361 g/mol. The molecule has 0 radical (unpaired) electrons. The number of halogens is 1. The minimum absolute atomic E-state index is 0.637. The van der Waals surface area contributed by atoms with Crippen molar-refractivity contribution in [1.29, 1.82) is 0 Å². The van der Waals surface area contributed by atoms with E-state index in [1.807, 2.05) is 32.9 Å². The fourth-order valence-electron chi connectivity index (χ4n) is 3.30. The molecule has 0 aliphatic heterocycles. The van der Waals surface area contributed by atoms with Gasteiger partial charge in [-0.2, -0.15) is 4.98 Å². The van der Waals surface area contributed by atoms with Gasteiger partial charge in [-0.15, -0.1) is 0 Å². The van der Waals surface area contributed by atoms with Crippen LogP contribution in [0.2, 0.25) is 5.02 Å². The number of hydrogen-bond donors (Lipinski definition) is 0. The van der Waals surface area contributed by atoms with E-state index in [9.17, 15) is 0 Å². The number of rotatable bonds is 7. The Morgan fingerprint density at radius 3 is 2.04 bits per heavy atom. The quantitative estimate of drug-likeness (QED) is 0.665. The lowest BCUT2D eigenvalue weighted by Crippen LogP contribution is -2.27. The second-order valence-electron chi connectivity index (χ2n) is 6.39. The molecule has 1 aromatic heterocycles. The highest BCUT2D eigenvalue weighted by atomic mass is 35.5. The van der Waals surface area contributed by atoms with E-state index in [4.69, 9.17) is 26.3 Å². The van der Waals surface area contributed by atoms with Crippen LogP contribution < -0.4 is 9.64 Å². The van der Waals surface area contributed by atoms with Gasteiger partial charge in [-0.25, -0.2) is 4.98 Å². The maximum Gasteiger partial charge on any atom is 0.241 e. The Hall–Kier alpha value is -1.81. The molecule has 0 atom stereocenters. The summed E-state index contributed by atoms with van der Waals surface area (Å²) in [6.45, 7) is 12.4. The van der Waals surface area contributed by atoms with Crippen molar-refractivity contribution in [3.63, 3.8) is 0 Å². The van der Waals surface area contributed by atoms with Crippen molar-refractivity contribution in [3.05, 3.63) is 34.0 Å². The first-order chi connectivity index (χ1) is 11.9. The lowest BCUT2D eigenvalue weighted by molar-refractivity contribution is 0.396. The summed E-state index contributed by atoms with van der Waals surface area (Å²) in [5.74, 6) is 1.33. The number of methoxy groups -OCH3 is 1. The maximum atomic E-state index is 6.16. The number of hydrogen-bond acceptors (Lipinski definition) is 4. The zero-order valence-corrected chi connectivity index (χ0v) is 16.9. The zero-order chi connectivity index (χ0) is 18.6. The summed E-state index contributed by atoms with van der Waals surface area (Å²) >= 11 is 6.16. The molecular formula is C20H28ClN3O. The van der Waals surface area contributed by atoms with Crippen LogP contribution in [0.5, 0.6) is 5.88 Å². The fraction of sp³-hybridized carbons (Fsp3) is 0.500. The minimum atomic E-state index is 0.637. The molecule has 0 fully saturated rings. The molecule has 0 aliphatic carbocycles. The molecule has 5 heteroatoms. The van der Waals surface area contributed by atoms with E-state index in [0.717, 1.165) is 59.0 Å². The van der Waals surface area contributed by atoms with Crippen LogP contribution in [-0.2, 0) is 0 Å². The van der Waals surface area contributed by atoms with Crippen LogP contribution in [0.1, 0.15) is 43.5 Å². The van der Waals surface area contributed by atoms with Crippen LogP contribution in [-0.4, -0.2) is 30.2 Å². The number of ether oxygens (including phenoxy) is 1. The second kappa shape index (κ2) is 8.52. The molecule has 4 nitrogen and oxygen atoms in total. The number of aryl methyl sites for hydroxylation is 3. The van der Waals surface area contributed by atoms with Gasteiger partial charge >= 0.3 is 0 Å². The summed E-state index contributed by atoms with van der Waals surface area (Å²) < 4.78 is 5.65. The maximum absolute atomic E-state index is 6.16. The van der Waals surface area contributed by atoms with E-state index in [1.165, 1.54) is 0 Å². The van der Waals surface area contributed by atoms with E-state index < -0.39 is 0 Å². The smallest absolute Gasteiger partial charge is 0.241 e. The predicted molar refractivity (Wildman–Crippen MR) is 106 cm³/mol. The third kappa shape index (κ3) is 4.24. The Morgan fingerprint density at radius 1 is 1.00 bits per heavy atom. The molecule has 0 saturated carbocycles. The van der Waals surface area contributed by atoms with Crippen LogP contribution in [0.4, 0.5) is 5.69 Å². The third-order valence-corrected chi connectivity index (χ3v) is 4.46. The molecule has 136 valence electrons. The Kier molecular flexibility index (Phi) is 6.65. The van der Waals surface area contributed by atoms with E-state index in [0.29, 0.717) is 11.7 Å². The topological polar surface area (TPSA) is 38.2 Å². The Morgan fingerprint density at radius 2 is 1.56 bits per heavy atom. The van der Waals surface area contributed by atoms with Gasteiger partial charge < -0.3 is 9.64 Å². The summed E-state index contributed by atoms with van der Waals surface area (Å²) in [4.78, 5) is 11.9. The van der Waals surface area contributed by atoms with E-state index in [1.54, 1.807) is 7.11 Å². The van der Waals surface area contributed by atoms with Gasteiger partial charge in [0.2, 0.25) is 5.88 Å². The van der Waals surface area contributed by atoms with E-state index in [-0.39, 0.29) is 0 Å². The molecule has 0 N–H and O–H groups in total. The Labute approximate surface area is 156 Å². The summed E-state index contributed by atoms with van der Waals surface area (Å²) in [6.07, 6.45) is 2.14. The van der Waals surface area contributed by atoms with Crippen molar-refractivity contribution in [2.75, 3.05) is 25.1 Å². The Balaban J connectivity index is 2.60. The first-order valence-corrected chi connectivity index (χ1v) is 9.25. The molecular weight excluding hydrogens is 334 g/mol. The van der Waals surface area contributed by atoms with Crippen LogP contribution in [0.15, 0.2) is 12.1 Å². The van der Waals surface area contributed by atoms with Crippen LogP contribution in [0, 0.1) is 20.8 Å². The van der Waals surface area contributed by atoms with E-state index >= 15 is 0 Å². The van der Waals surface area contributed by atoms with Gasteiger partial charge in [-0.1, -0.05) is 25.4 Å². The largest absolute Gasteiger partial charge is 0.479 e. The zero-order valence-electron chi connectivity index (χ0n) is 16.1. The highest BCUT2D eigenvalue weighted by Crippen LogP contribution is 2.34. The van der Waals surface area contributed by atoms with Crippen LogP contribution in [0.25, 0.3) is 11.4 Å². The summed E-state index contributed by atoms with van der Waals surface area (Å²) in [6, 6.07) is 3.90. The van der Waals surface area contributed by atoms with Gasteiger partial charge in [-0.05, 0) is 56.9 Å². The van der Waals surface area contributed by atoms with Crippen molar-refractivity contribution in [3.8, 4) is 17.3 Å². The average Bonchev–Trinajstić information content (AvgIpc) is 2.53. The fourth-order valence-corrected chi connectivity index (χ4v) is 3.62. The highest BCUT2D eigenvalue weighted by Gasteiger charge is 2.20. The molecule has 1 aromatic carbocycles. The number of benzene rings is 1. The summed E-state index contributed by atoms with van der Waals surface area (Å²) in [5, 5.41) is 0.733. The first-order valence-electron chi connectivity index (χ1n) is 8.87. The van der Waals surface area contributed by atoms with Gasteiger partial charge in [0.25, 0.3) is 0 Å². The SMILES string of the molecule is CCCN(CCC)c1c(C)nc(-c2c(C)cc(Cl)cc2C)nc1OC. The molecule has 1 heterocycles. The second-order valence-corrected chi connectivity index (χ2v) is 6.83. The Bertz CT molecular complexity index is 717.